The molecule has 0 aliphatic carbocycles. The minimum atomic E-state index is -0.663. The Morgan fingerprint density at radius 2 is 0.522 bits per heavy atom. The van der Waals surface area contributed by atoms with Gasteiger partial charge in [0, 0.05) is 12.8 Å². The molecule has 0 aliphatic rings. The van der Waals surface area contributed by atoms with Crippen LogP contribution in [0.4, 0.5) is 0 Å². The van der Waals surface area contributed by atoms with Crippen LogP contribution in [0.2, 0.25) is 0 Å². The molecule has 0 saturated heterocycles. The van der Waals surface area contributed by atoms with Crippen LogP contribution in [0.25, 0.3) is 0 Å². The SMILES string of the molecule is CCCCCCCCC/C=C\CCCCCCCCCC(=O)OCCCCCCCCCCCCCC/C=C\CCCCCCCCCCCCCCCCCCCC(=O)NC(CO)C(O)CCCCCCCCCCCCCCCCCCCCCCCC. The van der Waals surface area contributed by atoms with Crippen molar-refractivity contribution in [1.29, 1.82) is 0 Å². The van der Waals surface area contributed by atoms with E-state index < -0.39 is 12.1 Å². The quantitative estimate of drug-likeness (QED) is 0.0320. The zero-order valence-electron chi connectivity index (χ0n) is 61.4. The van der Waals surface area contributed by atoms with Crippen molar-refractivity contribution in [3.05, 3.63) is 24.3 Å². The first-order chi connectivity index (χ1) is 44.5. The van der Waals surface area contributed by atoms with E-state index in [0.29, 0.717) is 25.9 Å². The third-order valence-electron chi connectivity index (χ3n) is 19.7. The fraction of sp³-hybridized carbons (Fsp3) is 0.929. The van der Waals surface area contributed by atoms with Gasteiger partial charge in [0.05, 0.1) is 25.4 Å². The van der Waals surface area contributed by atoms with Gasteiger partial charge in [0.15, 0.2) is 0 Å². The fourth-order valence-electron chi connectivity index (χ4n) is 13.4. The Balaban J connectivity index is 3.34. The van der Waals surface area contributed by atoms with Crippen molar-refractivity contribution in [2.75, 3.05) is 13.2 Å². The summed E-state index contributed by atoms with van der Waals surface area (Å²) >= 11 is 0. The standard InChI is InChI=1S/C84H163NO5/c1-3-5-7-9-11-13-15-17-19-21-23-24-38-41-44-48-52-56-60-64-68-72-76-82(87)81(80-86)85-83(88)77-73-69-65-61-57-53-49-45-42-39-36-34-32-30-28-26-25-27-29-31-33-35-37-40-43-47-51-55-59-63-67-71-75-79-90-84(89)78-74-70-66-62-58-54-50-46-22-20-18-16-14-12-10-8-6-4-2/h20,22,29,31,81-82,86-87H,3-19,21,23-28,30,32-80H2,1-2H3,(H,85,88)/b22-20-,31-29-. The molecule has 0 aromatic heterocycles. The van der Waals surface area contributed by atoms with E-state index in [1.807, 2.05) is 0 Å². The number of ether oxygens (including phenoxy) is 1. The monoisotopic (exact) mass is 1270 g/mol. The normalized spacial score (nSPS) is 12.5. The molecule has 2 unspecified atom stereocenters. The van der Waals surface area contributed by atoms with E-state index in [1.54, 1.807) is 0 Å². The lowest BCUT2D eigenvalue weighted by molar-refractivity contribution is -0.143. The van der Waals surface area contributed by atoms with Crippen molar-refractivity contribution < 1.29 is 24.5 Å². The van der Waals surface area contributed by atoms with Crippen LogP contribution in [0.1, 0.15) is 476 Å². The molecular formula is C84H163NO5. The number of aliphatic hydroxyl groups is 2. The zero-order chi connectivity index (χ0) is 64.9. The molecule has 0 fully saturated rings. The number of unbranched alkanes of at least 4 members (excludes halogenated alkanes) is 64. The lowest BCUT2D eigenvalue weighted by Gasteiger charge is -2.22. The highest BCUT2D eigenvalue weighted by molar-refractivity contribution is 5.76. The topological polar surface area (TPSA) is 95.9 Å². The number of esters is 1. The number of carbonyl (C=O) groups is 2. The lowest BCUT2D eigenvalue weighted by Crippen LogP contribution is -2.45. The second-order valence-electron chi connectivity index (χ2n) is 28.8. The van der Waals surface area contributed by atoms with Gasteiger partial charge < -0.3 is 20.3 Å². The van der Waals surface area contributed by atoms with Crippen LogP contribution in [0.15, 0.2) is 24.3 Å². The summed E-state index contributed by atoms with van der Waals surface area (Å²) in [6.07, 6.45) is 103. The maximum absolute atomic E-state index is 12.6. The Morgan fingerprint density at radius 1 is 0.300 bits per heavy atom. The van der Waals surface area contributed by atoms with E-state index >= 15 is 0 Å². The smallest absolute Gasteiger partial charge is 0.305 e. The lowest BCUT2D eigenvalue weighted by atomic mass is 10.0. The van der Waals surface area contributed by atoms with E-state index in [2.05, 4.69) is 43.5 Å². The van der Waals surface area contributed by atoms with Crippen molar-refractivity contribution in [3.8, 4) is 0 Å². The molecule has 0 aromatic rings. The summed E-state index contributed by atoms with van der Waals surface area (Å²) in [4.78, 5) is 24.7. The van der Waals surface area contributed by atoms with Gasteiger partial charge >= 0.3 is 5.97 Å². The summed E-state index contributed by atoms with van der Waals surface area (Å²) in [6.45, 7) is 5.01. The van der Waals surface area contributed by atoms with Gasteiger partial charge in [0.25, 0.3) is 0 Å². The number of hydrogen-bond acceptors (Lipinski definition) is 5. The van der Waals surface area contributed by atoms with Crippen LogP contribution in [-0.4, -0.2) is 47.4 Å². The molecule has 0 spiro atoms. The van der Waals surface area contributed by atoms with Gasteiger partial charge in [-0.2, -0.15) is 0 Å². The number of hydrogen-bond donors (Lipinski definition) is 3. The predicted octanol–water partition coefficient (Wildman–Crippen LogP) is 27.6. The first-order valence-corrected chi connectivity index (χ1v) is 41.6. The number of aliphatic hydroxyl groups excluding tert-OH is 2. The number of amides is 1. The van der Waals surface area contributed by atoms with Gasteiger partial charge in [-0.05, 0) is 77.0 Å². The molecule has 90 heavy (non-hydrogen) atoms. The van der Waals surface area contributed by atoms with E-state index in [0.717, 1.165) is 44.9 Å². The third kappa shape index (κ3) is 75.4. The minimum Gasteiger partial charge on any atom is -0.466 e. The van der Waals surface area contributed by atoms with E-state index in [9.17, 15) is 19.8 Å². The van der Waals surface area contributed by atoms with Crippen molar-refractivity contribution in [2.24, 2.45) is 0 Å². The van der Waals surface area contributed by atoms with Crippen LogP contribution >= 0.6 is 0 Å². The Hall–Kier alpha value is -1.66. The maximum Gasteiger partial charge on any atom is 0.305 e. The summed E-state index contributed by atoms with van der Waals surface area (Å²) < 4.78 is 5.51. The van der Waals surface area contributed by atoms with Gasteiger partial charge in [-0.25, -0.2) is 0 Å². The van der Waals surface area contributed by atoms with Crippen LogP contribution in [0, 0.1) is 0 Å². The predicted molar refractivity (Wildman–Crippen MR) is 398 cm³/mol. The third-order valence-corrected chi connectivity index (χ3v) is 19.7. The van der Waals surface area contributed by atoms with E-state index in [1.165, 1.54) is 398 Å². The van der Waals surface area contributed by atoms with Crippen LogP contribution in [0.3, 0.4) is 0 Å². The van der Waals surface area contributed by atoms with E-state index in [4.69, 9.17) is 4.74 Å². The molecule has 6 heteroatoms. The molecule has 0 aromatic carbocycles. The fourth-order valence-corrected chi connectivity index (χ4v) is 13.4. The summed E-state index contributed by atoms with van der Waals surface area (Å²) in [7, 11) is 0. The summed E-state index contributed by atoms with van der Waals surface area (Å²) in [5.41, 5.74) is 0. The highest BCUT2D eigenvalue weighted by Gasteiger charge is 2.20. The average molecular weight is 1270 g/mol. The molecule has 0 heterocycles. The minimum absolute atomic E-state index is 0.0170. The average Bonchev–Trinajstić information content (AvgIpc) is 3.59. The zero-order valence-corrected chi connectivity index (χ0v) is 61.4. The molecule has 534 valence electrons. The van der Waals surface area contributed by atoms with Crippen molar-refractivity contribution in [1.82, 2.24) is 5.32 Å². The molecule has 0 saturated carbocycles. The highest BCUT2D eigenvalue weighted by Crippen LogP contribution is 2.20. The molecule has 6 nitrogen and oxygen atoms in total. The van der Waals surface area contributed by atoms with Gasteiger partial charge in [-0.1, -0.05) is 411 Å². The Labute approximate surface area is 564 Å². The van der Waals surface area contributed by atoms with Gasteiger partial charge in [0.1, 0.15) is 0 Å². The summed E-state index contributed by atoms with van der Waals surface area (Å²) in [5.74, 6) is -0.00916. The number of nitrogens with one attached hydrogen (secondary N) is 1. The van der Waals surface area contributed by atoms with Crippen molar-refractivity contribution in [2.45, 2.75) is 488 Å². The molecule has 2 atom stereocenters. The molecule has 0 radical (unpaired) electrons. The molecule has 3 N–H and O–H groups in total. The Kier molecular flexibility index (Phi) is 78.3. The Bertz CT molecular complexity index is 1410. The molecule has 0 aliphatic heterocycles. The van der Waals surface area contributed by atoms with E-state index in [-0.39, 0.29) is 18.5 Å². The van der Waals surface area contributed by atoms with Crippen molar-refractivity contribution in [3.63, 3.8) is 0 Å². The second kappa shape index (κ2) is 79.8. The number of allylic oxidation sites excluding steroid dienone is 4. The van der Waals surface area contributed by atoms with Gasteiger partial charge in [0.2, 0.25) is 5.91 Å². The van der Waals surface area contributed by atoms with Gasteiger partial charge in [-0.3, -0.25) is 9.59 Å². The molecule has 0 rings (SSSR count). The Morgan fingerprint density at radius 3 is 0.789 bits per heavy atom. The largest absolute Gasteiger partial charge is 0.466 e. The molecule has 1 amide bonds. The van der Waals surface area contributed by atoms with Gasteiger partial charge in [-0.15, -0.1) is 0 Å². The maximum atomic E-state index is 12.6. The van der Waals surface area contributed by atoms with Crippen LogP contribution in [-0.2, 0) is 14.3 Å². The molecular weight excluding hydrogens is 1100 g/mol. The van der Waals surface area contributed by atoms with Crippen LogP contribution < -0.4 is 5.32 Å². The first kappa shape index (κ1) is 88.3. The number of rotatable bonds is 79. The summed E-state index contributed by atoms with van der Waals surface area (Å²) in [6, 6.07) is -0.540. The van der Waals surface area contributed by atoms with Crippen LogP contribution in [0.5, 0.6) is 0 Å². The van der Waals surface area contributed by atoms with Crippen molar-refractivity contribution >= 4 is 11.9 Å². The highest BCUT2D eigenvalue weighted by atomic mass is 16.5. The second-order valence-corrected chi connectivity index (χ2v) is 28.8. The molecule has 0 bridgehead atoms. The number of carbonyl (C=O) groups excluding carboxylic acids is 2. The first-order valence-electron chi connectivity index (χ1n) is 41.6. The summed E-state index contributed by atoms with van der Waals surface area (Å²) in [5, 5.41) is 23.5.